The van der Waals surface area contributed by atoms with Gasteiger partial charge in [-0.05, 0) is 48.6 Å². The molecule has 2 saturated carbocycles. The molecule has 1 aromatic rings. The van der Waals surface area contributed by atoms with E-state index in [1.807, 2.05) is 6.07 Å². The molecule has 0 aromatic heterocycles. The SMILES string of the molecule is COC(=O)Cc1ccccc1CN(CC1CC1)CC1CC1. The molecule has 0 saturated heterocycles. The molecule has 2 aliphatic rings. The minimum absolute atomic E-state index is 0.154. The van der Waals surface area contributed by atoms with Crippen LogP contribution in [0.1, 0.15) is 36.8 Å². The molecule has 0 bridgehead atoms. The lowest BCUT2D eigenvalue weighted by Crippen LogP contribution is -2.28. The number of methoxy groups -OCH3 is 1. The summed E-state index contributed by atoms with van der Waals surface area (Å²) in [6.45, 7) is 3.42. The molecule has 2 aliphatic carbocycles. The van der Waals surface area contributed by atoms with E-state index in [9.17, 15) is 4.79 Å². The van der Waals surface area contributed by atoms with Crippen LogP contribution in [0.3, 0.4) is 0 Å². The minimum atomic E-state index is -0.154. The van der Waals surface area contributed by atoms with Crippen molar-refractivity contribution in [3.8, 4) is 0 Å². The summed E-state index contributed by atoms with van der Waals surface area (Å²) in [5, 5.41) is 0. The summed E-state index contributed by atoms with van der Waals surface area (Å²) in [7, 11) is 1.46. The quantitative estimate of drug-likeness (QED) is 0.688. The van der Waals surface area contributed by atoms with Crippen molar-refractivity contribution in [1.29, 1.82) is 0 Å². The molecule has 0 spiro atoms. The molecule has 3 nitrogen and oxygen atoms in total. The first-order chi connectivity index (χ1) is 10.2. The van der Waals surface area contributed by atoms with E-state index in [0.717, 1.165) is 23.9 Å². The number of ether oxygens (including phenoxy) is 1. The fourth-order valence-corrected chi connectivity index (χ4v) is 2.89. The maximum absolute atomic E-state index is 11.6. The predicted molar refractivity (Wildman–Crippen MR) is 82.9 cm³/mol. The monoisotopic (exact) mass is 287 g/mol. The average molecular weight is 287 g/mol. The van der Waals surface area contributed by atoms with Gasteiger partial charge in [0.2, 0.25) is 0 Å². The van der Waals surface area contributed by atoms with Gasteiger partial charge < -0.3 is 4.74 Å². The lowest BCUT2D eigenvalue weighted by atomic mass is 10.0. The molecule has 2 fully saturated rings. The number of hydrogen-bond acceptors (Lipinski definition) is 3. The molecule has 0 aliphatic heterocycles. The Kier molecular flexibility index (Phi) is 4.59. The van der Waals surface area contributed by atoms with Crippen molar-refractivity contribution in [2.24, 2.45) is 11.8 Å². The first-order valence-corrected chi connectivity index (χ1v) is 8.10. The van der Waals surface area contributed by atoms with Crippen molar-refractivity contribution in [2.45, 2.75) is 38.6 Å². The van der Waals surface area contributed by atoms with E-state index in [0.29, 0.717) is 6.42 Å². The van der Waals surface area contributed by atoms with Crippen LogP contribution in [0.5, 0.6) is 0 Å². The Hall–Kier alpha value is -1.35. The number of carbonyl (C=O) groups excluding carboxylic acids is 1. The molecular weight excluding hydrogens is 262 g/mol. The lowest BCUT2D eigenvalue weighted by Gasteiger charge is -2.23. The van der Waals surface area contributed by atoms with E-state index >= 15 is 0 Å². The number of rotatable bonds is 8. The fourth-order valence-electron chi connectivity index (χ4n) is 2.89. The highest BCUT2D eigenvalue weighted by atomic mass is 16.5. The van der Waals surface area contributed by atoms with Gasteiger partial charge in [0.15, 0.2) is 0 Å². The summed E-state index contributed by atoms with van der Waals surface area (Å²) in [5.41, 5.74) is 2.39. The Morgan fingerprint density at radius 2 is 1.67 bits per heavy atom. The zero-order valence-corrected chi connectivity index (χ0v) is 12.9. The average Bonchev–Trinajstić information content (AvgIpc) is 3.37. The van der Waals surface area contributed by atoms with Crippen molar-refractivity contribution < 1.29 is 9.53 Å². The van der Waals surface area contributed by atoms with E-state index in [2.05, 4.69) is 23.1 Å². The van der Waals surface area contributed by atoms with Crippen LogP contribution in [0.2, 0.25) is 0 Å². The molecule has 0 unspecified atom stereocenters. The normalized spacial score (nSPS) is 18.0. The minimum Gasteiger partial charge on any atom is -0.469 e. The van der Waals surface area contributed by atoms with E-state index in [1.165, 1.54) is 51.4 Å². The molecule has 1 aromatic carbocycles. The summed E-state index contributed by atoms with van der Waals surface area (Å²) >= 11 is 0. The van der Waals surface area contributed by atoms with Crippen LogP contribution >= 0.6 is 0 Å². The molecular formula is C18H25NO2. The van der Waals surface area contributed by atoms with E-state index < -0.39 is 0 Å². The van der Waals surface area contributed by atoms with Crippen molar-refractivity contribution in [2.75, 3.05) is 20.2 Å². The van der Waals surface area contributed by atoms with Gasteiger partial charge in [0.25, 0.3) is 0 Å². The summed E-state index contributed by atoms with van der Waals surface area (Å²) in [6.07, 6.45) is 5.96. The van der Waals surface area contributed by atoms with Crippen LogP contribution in [-0.2, 0) is 22.5 Å². The second-order valence-corrected chi connectivity index (χ2v) is 6.60. The molecule has 0 amide bonds. The summed E-state index contributed by atoms with van der Waals surface area (Å²) < 4.78 is 4.81. The Morgan fingerprint density at radius 1 is 1.10 bits per heavy atom. The molecule has 3 rings (SSSR count). The summed E-state index contributed by atoms with van der Waals surface area (Å²) in [5.74, 6) is 1.67. The van der Waals surface area contributed by atoms with E-state index in [-0.39, 0.29) is 5.97 Å². The Labute approximate surface area is 127 Å². The first-order valence-electron chi connectivity index (χ1n) is 8.10. The van der Waals surface area contributed by atoms with Crippen molar-refractivity contribution in [3.63, 3.8) is 0 Å². The smallest absolute Gasteiger partial charge is 0.309 e. The fraction of sp³-hybridized carbons (Fsp3) is 0.611. The zero-order chi connectivity index (χ0) is 14.7. The van der Waals surface area contributed by atoms with Gasteiger partial charge >= 0.3 is 5.97 Å². The molecule has 3 heteroatoms. The van der Waals surface area contributed by atoms with Gasteiger partial charge in [-0.15, -0.1) is 0 Å². The summed E-state index contributed by atoms with van der Waals surface area (Å²) in [6, 6.07) is 8.29. The van der Waals surface area contributed by atoms with E-state index in [1.54, 1.807) is 0 Å². The van der Waals surface area contributed by atoms with Gasteiger partial charge in [-0.1, -0.05) is 24.3 Å². The van der Waals surface area contributed by atoms with Gasteiger partial charge in [0, 0.05) is 19.6 Å². The van der Waals surface area contributed by atoms with Gasteiger partial charge in [-0.2, -0.15) is 0 Å². The molecule has 114 valence electrons. The maximum Gasteiger partial charge on any atom is 0.309 e. The molecule has 21 heavy (non-hydrogen) atoms. The van der Waals surface area contributed by atoms with E-state index in [4.69, 9.17) is 4.74 Å². The third-order valence-corrected chi connectivity index (χ3v) is 4.50. The van der Waals surface area contributed by atoms with Gasteiger partial charge in [0.1, 0.15) is 0 Å². The largest absolute Gasteiger partial charge is 0.469 e. The van der Waals surface area contributed by atoms with Crippen molar-refractivity contribution in [1.82, 2.24) is 4.90 Å². The number of esters is 1. The first kappa shape index (κ1) is 14.6. The number of nitrogens with zero attached hydrogens (tertiary/aromatic N) is 1. The molecule has 0 atom stereocenters. The van der Waals surface area contributed by atoms with Crippen LogP contribution in [0.25, 0.3) is 0 Å². The standard InChI is InChI=1S/C18H25NO2/c1-21-18(20)10-16-4-2-3-5-17(16)13-19(11-14-6-7-14)12-15-8-9-15/h2-5,14-15H,6-13H2,1H3. The Bertz CT molecular complexity index is 478. The maximum atomic E-state index is 11.6. The molecule has 0 heterocycles. The zero-order valence-electron chi connectivity index (χ0n) is 12.9. The van der Waals surface area contributed by atoms with Crippen LogP contribution in [0.4, 0.5) is 0 Å². The Morgan fingerprint density at radius 3 is 2.19 bits per heavy atom. The van der Waals surface area contributed by atoms with Gasteiger partial charge in [-0.25, -0.2) is 0 Å². The van der Waals surface area contributed by atoms with Crippen LogP contribution in [-0.4, -0.2) is 31.1 Å². The predicted octanol–water partition coefficient (Wildman–Crippen LogP) is 3.02. The van der Waals surface area contributed by atoms with Crippen LogP contribution in [0.15, 0.2) is 24.3 Å². The van der Waals surface area contributed by atoms with Crippen molar-refractivity contribution in [3.05, 3.63) is 35.4 Å². The Balaban J connectivity index is 1.66. The molecule has 0 N–H and O–H groups in total. The third-order valence-electron chi connectivity index (χ3n) is 4.50. The number of hydrogen-bond donors (Lipinski definition) is 0. The van der Waals surface area contributed by atoms with Gasteiger partial charge in [0.05, 0.1) is 13.5 Å². The summed E-state index contributed by atoms with van der Waals surface area (Å²) in [4.78, 5) is 14.2. The van der Waals surface area contributed by atoms with Crippen LogP contribution in [0, 0.1) is 11.8 Å². The lowest BCUT2D eigenvalue weighted by molar-refractivity contribution is -0.139. The topological polar surface area (TPSA) is 29.5 Å². The second-order valence-electron chi connectivity index (χ2n) is 6.60. The highest BCUT2D eigenvalue weighted by Gasteiger charge is 2.29. The molecule has 0 radical (unpaired) electrons. The van der Waals surface area contributed by atoms with Crippen molar-refractivity contribution >= 4 is 5.97 Å². The van der Waals surface area contributed by atoms with Crippen LogP contribution < -0.4 is 0 Å². The number of carbonyl (C=O) groups is 1. The van der Waals surface area contributed by atoms with Gasteiger partial charge in [-0.3, -0.25) is 9.69 Å². The highest BCUT2D eigenvalue weighted by molar-refractivity contribution is 5.72. The third kappa shape index (κ3) is 4.57. The number of benzene rings is 1. The second kappa shape index (κ2) is 6.61. The highest BCUT2D eigenvalue weighted by Crippen LogP contribution is 2.34.